The van der Waals surface area contributed by atoms with Crippen molar-refractivity contribution in [2.24, 2.45) is 5.92 Å². The lowest BCUT2D eigenvalue weighted by molar-refractivity contribution is 0.425. The molecule has 0 unspecified atom stereocenters. The van der Waals surface area contributed by atoms with Crippen molar-refractivity contribution in [3.05, 3.63) is 74.7 Å². The average Bonchev–Trinajstić information content (AvgIpc) is 2.97. The van der Waals surface area contributed by atoms with Gasteiger partial charge < -0.3 is 5.32 Å². The first-order valence-corrected chi connectivity index (χ1v) is 8.44. The molecule has 2 aromatic rings. The normalized spacial score (nSPS) is 25.5. The molecule has 4 rings (SSSR count). The van der Waals surface area contributed by atoms with Gasteiger partial charge in [-0.15, -0.1) is 0 Å². The molecule has 0 fully saturated rings. The number of hydrogen-bond acceptors (Lipinski definition) is 1. The van der Waals surface area contributed by atoms with Gasteiger partial charge in [0.05, 0.1) is 16.8 Å². The lowest BCUT2D eigenvalue weighted by Gasteiger charge is -2.38. The molecule has 0 bridgehead atoms. The number of benzene rings is 2. The highest BCUT2D eigenvalue weighted by Gasteiger charge is 2.38. The topological polar surface area (TPSA) is 12.0 Å². The Kier molecular flexibility index (Phi) is 3.60. The van der Waals surface area contributed by atoms with Crippen LogP contribution in [0.1, 0.15) is 29.5 Å². The number of rotatable bonds is 1. The molecule has 1 aliphatic heterocycles. The third kappa shape index (κ3) is 2.32. The highest BCUT2D eigenvalue weighted by Crippen LogP contribution is 2.52. The van der Waals surface area contributed by atoms with Crippen molar-refractivity contribution < 1.29 is 0 Å². The van der Waals surface area contributed by atoms with Gasteiger partial charge in [0.15, 0.2) is 0 Å². The predicted octanol–water partition coefficient (Wildman–Crippen LogP) is 6.47. The van der Waals surface area contributed by atoms with Gasteiger partial charge in [-0.05, 0) is 47.7 Å². The van der Waals surface area contributed by atoms with Crippen molar-refractivity contribution in [1.29, 1.82) is 0 Å². The molecule has 0 aromatic heterocycles. The summed E-state index contributed by atoms with van der Waals surface area (Å²) in [5.41, 5.74) is 3.43. The maximum absolute atomic E-state index is 6.42. The first-order valence-electron chi connectivity index (χ1n) is 7.31. The van der Waals surface area contributed by atoms with Gasteiger partial charge in [-0.2, -0.15) is 0 Å². The standard InChI is InChI=1S/C18H14Cl3N/c19-11-6-4-10(5-7-11)17-14-3-1-2-13(14)15-8-12(20)9-16(21)18(15)22-17/h1-2,4-9,13-14,17,22H,3H2/t13-,14+,17+/m1/s1. The molecule has 2 aliphatic rings. The molecule has 3 atom stereocenters. The summed E-state index contributed by atoms with van der Waals surface area (Å²) in [6.07, 6.45) is 5.58. The van der Waals surface area contributed by atoms with Crippen LogP contribution in [0.4, 0.5) is 5.69 Å². The highest BCUT2D eigenvalue weighted by molar-refractivity contribution is 6.36. The minimum atomic E-state index is 0.225. The van der Waals surface area contributed by atoms with E-state index in [0.717, 1.165) is 17.1 Å². The van der Waals surface area contributed by atoms with Crippen LogP contribution in [0.3, 0.4) is 0 Å². The molecular weight excluding hydrogens is 337 g/mol. The fourth-order valence-corrected chi connectivity index (χ4v) is 4.31. The molecule has 2 aromatic carbocycles. The molecule has 0 amide bonds. The molecule has 0 radical (unpaired) electrons. The van der Waals surface area contributed by atoms with E-state index in [1.807, 2.05) is 18.2 Å². The largest absolute Gasteiger partial charge is 0.376 e. The third-order valence-corrected chi connectivity index (χ3v) is 5.38. The summed E-state index contributed by atoms with van der Waals surface area (Å²) in [5, 5.41) is 5.75. The lowest BCUT2D eigenvalue weighted by Crippen LogP contribution is -2.29. The third-order valence-electron chi connectivity index (χ3n) is 4.61. The quantitative estimate of drug-likeness (QED) is 0.581. The summed E-state index contributed by atoms with van der Waals surface area (Å²) in [6, 6.07) is 12.1. The number of hydrogen-bond donors (Lipinski definition) is 1. The maximum atomic E-state index is 6.42. The van der Waals surface area contributed by atoms with Gasteiger partial charge in [-0.3, -0.25) is 0 Å². The van der Waals surface area contributed by atoms with Gasteiger partial charge in [-0.25, -0.2) is 0 Å². The van der Waals surface area contributed by atoms with E-state index >= 15 is 0 Å². The second-order valence-electron chi connectivity index (χ2n) is 5.88. The fourth-order valence-electron chi connectivity index (χ4n) is 3.62. The van der Waals surface area contributed by atoms with Gasteiger partial charge in [0.25, 0.3) is 0 Å². The number of allylic oxidation sites excluding steroid dienone is 2. The molecule has 1 N–H and O–H groups in total. The predicted molar refractivity (Wildman–Crippen MR) is 94.3 cm³/mol. The van der Waals surface area contributed by atoms with Crippen LogP contribution in [0.2, 0.25) is 15.1 Å². The van der Waals surface area contributed by atoms with Crippen molar-refractivity contribution in [2.45, 2.75) is 18.4 Å². The summed E-state index contributed by atoms with van der Waals surface area (Å²) in [4.78, 5) is 0. The van der Waals surface area contributed by atoms with E-state index in [2.05, 4.69) is 29.6 Å². The molecule has 0 spiro atoms. The minimum absolute atomic E-state index is 0.225. The molecule has 1 heterocycles. The molecule has 4 heteroatoms. The molecule has 0 saturated heterocycles. The molecule has 0 saturated carbocycles. The zero-order valence-corrected chi connectivity index (χ0v) is 14.0. The fraction of sp³-hybridized carbons (Fsp3) is 0.222. The first kappa shape index (κ1) is 14.4. The molecular formula is C18H14Cl3N. The molecule has 1 nitrogen and oxygen atoms in total. The summed E-state index contributed by atoms with van der Waals surface area (Å²) in [6.45, 7) is 0. The Morgan fingerprint density at radius 3 is 2.50 bits per heavy atom. The van der Waals surface area contributed by atoms with Gasteiger partial charge in [0, 0.05) is 16.0 Å². The van der Waals surface area contributed by atoms with E-state index in [0.29, 0.717) is 21.9 Å². The van der Waals surface area contributed by atoms with Crippen molar-refractivity contribution in [3.8, 4) is 0 Å². The molecule has 1 aliphatic carbocycles. The van der Waals surface area contributed by atoms with Gasteiger partial charge in [0.1, 0.15) is 0 Å². The van der Waals surface area contributed by atoms with E-state index in [1.54, 1.807) is 6.07 Å². The Morgan fingerprint density at radius 1 is 0.955 bits per heavy atom. The maximum Gasteiger partial charge on any atom is 0.0655 e. The second kappa shape index (κ2) is 5.49. The average molecular weight is 351 g/mol. The smallest absolute Gasteiger partial charge is 0.0655 e. The van der Waals surface area contributed by atoms with E-state index in [-0.39, 0.29) is 6.04 Å². The SMILES string of the molecule is Clc1ccc([C@@H]2Nc3c(Cl)cc(Cl)cc3[C@@H]3C=CC[C@@H]32)cc1. The van der Waals surface area contributed by atoms with Crippen molar-refractivity contribution in [3.63, 3.8) is 0 Å². The Bertz CT molecular complexity index is 752. The van der Waals surface area contributed by atoms with Crippen LogP contribution in [-0.4, -0.2) is 0 Å². The van der Waals surface area contributed by atoms with E-state index in [1.165, 1.54) is 11.1 Å². The minimum Gasteiger partial charge on any atom is -0.376 e. The Hall–Kier alpha value is -1.15. The molecule has 22 heavy (non-hydrogen) atoms. The van der Waals surface area contributed by atoms with Crippen molar-refractivity contribution >= 4 is 40.5 Å². The van der Waals surface area contributed by atoms with Crippen LogP contribution in [0.5, 0.6) is 0 Å². The van der Waals surface area contributed by atoms with Gasteiger partial charge >= 0.3 is 0 Å². The Balaban J connectivity index is 1.82. The van der Waals surface area contributed by atoms with Crippen molar-refractivity contribution in [1.82, 2.24) is 0 Å². The van der Waals surface area contributed by atoms with Crippen molar-refractivity contribution in [2.75, 3.05) is 5.32 Å². The van der Waals surface area contributed by atoms with Gasteiger partial charge in [0.2, 0.25) is 0 Å². The van der Waals surface area contributed by atoms with E-state index in [9.17, 15) is 0 Å². The number of fused-ring (bicyclic) bond motifs is 3. The zero-order chi connectivity index (χ0) is 15.3. The van der Waals surface area contributed by atoms with Crippen LogP contribution < -0.4 is 5.32 Å². The van der Waals surface area contributed by atoms with Crippen LogP contribution >= 0.6 is 34.8 Å². The summed E-state index contributed by atoms with van der Waals surface area (Å²) < 4.78 is 0. The lowest BCUT2D eigenvalue weighted by atomic mass is 9.77. The van der Waals surface area contributed by atoms with Crippen LogP contribution in [-0.2, 0) is 0 Å². The monoisotopic (exact) mass is 349 g/mol. The summed E-state index contributed by atoms with van der Waals surface area (Å²) in [5.74, 6) is 0.830. The number of nitrogens with one attached hydrogen (secondary N) is 1. The molecule has 112 valence electrons. The number of halogens is 3. The number of anilines is 1. The second-order valence-corrected chi connectivity index (χ2v) is 7.16. The first-order chi connectivity index (χ1) is 10.6. The van der Waals surface area contributed by atoms with E-state index in [4.69, 9.17) is 34.8 Å². The van der Waals surface area contributed by atoms with Crippen LogP contribution in [0.25, 0.3) is 0 Å². The highest BCUT2D eigenvalue weighted by atomic mass is 35.5. The summed E-state index contributed by atoms with van der Waals surface area (Å²) >= 11 is 18.6. The van der Waals surface area contributed by atoms with Crippen LogP contribution in [0, 0.1) is 5.92 Å². The van der Waals surface area contributed by atoms with Crippen LogP contribution in [0.15, 0.2) is 48.6 Å². The van der Waals surface area contributed by atoms with E-state index < -0.39 is 0 Å². The Morgan fingerprint density at radius 2 is 1.73 bits per heavy atom. The zero-order valence-electron chi connectivity index (χ0n) is 11.7. The Labute approximate surface area is 144 Å². The van der Waals surface area contributed by atoms with Gasteiger partial charge in [-0.1, -0.05) is 59.1 Å². The summed E-state index contributed by atoms with van der Waals surface area (Å²) in [7, 11) is 0.